The van der Waals surface area contributed by atoms with E-state index in [2.05, 4.69) is 5.32 Å². The minimum atomic E-state index is -4.01. The fraction of sp³-hybridized carbons (Fsp3) is 0.500. The molecule has 4 N–H and O–H groups in total. The Balaban J connectivity index is 3.03. The summed E-state index contributed by atoms with van der Waals surface area (Å²) < 4.78 is 32.6. The monoisotopic (exact) mass is 334 g/mol. The first-order valence-electron chi connectivity index (χ1n) is 6.15. The Bertz CT molecular complexity index is 680. The molecule has 10 heteroatoms. The number of nitrogens with two attached hydrogens (primary N) is 1. The number of ether oxygens (including phenoxy) is 1. The molecule has 1 heterocycles. The lowest BCUT2D eigenvalue weighted by molar-refractivity contribution is -0.139. The molecule has 0 saturated heterocycles. The topological polar surface area (TPSA) is 149 Å². The van der Waals surface area contributed by atoms with Crippen molar-refractivity contribution in [2.24, 2.45) is 5.14 Å². The Hall–Kier alpha value is -1.91. The van der Waals surface area contributed by atoms with Crippen LogP contribution in [0.2, 0.25) is 0 Å². The molecular formula is C12H18N2O7S. The molecule has 0 aliphatic rings. The SMILES string of the molecule is COCC(C)(CC(=O)O)NC(=O)c1cc(S(N)(=O)=O)c(C)o1. The zero-order chi connectivity index (χ0) is 17.1. The van der Waals surface area contributed by atoms with E-state index in [1.165, 1.54) is 21.0 Å². The van der Waals surface area contributed by atoms with Crippen molar-refractivity contribution in [3.8, 4) is 0 Å². The highest BCUT2D eigenvalue weighted by Crippen LogP contribution is 2.20. The van der Waals surface area contributed by atoms with E-state index in [0.29, 0.717) is 0 Å². The number of carbonyl (C=O) groups excluding carboxylic acids is 1. The maximum atomic E-state index is 12.1. The number of amides is 1. The molecule has 1 aromatic rings. The average Bonchev–Trinajstić information content (AvgIpc) is 2.69. The number of aryl methyl sites for hydroxylation is 1. The number of hydrogen-bond donors (Lipinski definition) is 3. The van der Waals surface area contributed by atoms with Gasteiger partial charge in [-0.1, -0.05) is 0 Å². The lowest BCUT2D eigenvalue weighted by Crippen LogP contribution is -2.50. The molecular weight excluding hydrogens is 316 g/mol. The summed E-state index contributed by atoms with van der Waals surface area (Å²) in [5.74, 6) is -2.20. The summed E-state index contributed by atoms with van der Waals surface area (Å²) in [5, 5.41) is 16.3. The van der Waals surface area contributed by atoms with Crippen LogP contribution in [0.15, 0.2) is 15.4 Å². The maximum Gasteiger partial charge on any atom is 0.305 e. The van der Waals surface area contributed by atoms with E-state index in [4.69, 9.17) is 19.4 Å². The van der Waals surface area contributed by atoms with Gasteiger partial charge < -0.3 is 19.6 Å². The van der Waals surface area contributed by atoms with Crippen molar-refractivity contribution in [1.29, 1.82) is 0 Å². The number of hydrogen-bond acceptors (Lipinski definition) is 6. The van der Waals surface area contributed by atoms with Crippen LogP contribution in [0.3, 0.4) is 0 Å². The molecule has 1 unspecified atom stereocenters. The molecule has 1 aromatic heterocycles. The minimum absolute atomic E-state index is 0.0284. The summed E-state index contributed by atoms with van der Waals surface area (Å²) >= 11 is 0. The standard InChI is InChI=1S/C12H18N2O7S/c1-7-9(22(13,18)19)4-8(21-7)11(17)14-12(2,6-20-3)5-10(15)16/h4H,5-6H2,1-3H3,(H,14,17)(H,15,16)(H2,13,18,19). The molecule has 22 heavy (non-hydrogen) atoms. The Kier molecular flexibility index (Phi) is 5.33. The Morgan fingerprint density at radius 3 is 2.50 bits per heavy atom. The third kappa shape index (κ3) is 4.55. The van der Waals surface area contributed by atoms with Crippen molar-refractivity contribution in [3.05, 3.63) is 17.6 Å². The number of methoxy groups -OCH3 is 1. The number of nitrogens with one attached hydrogen (secondary N) is 1. The van der Waals surface area contributed by atoms with Gasteiger partial charge in [-0.25, -0.2) is 13.6 Å². The fourth-order valence-corrected chi connectivity index (χ4v) is 2.69. The molecule has 0 bridgehead atoms. The van der Waals surface area contributed by atoms with Gasteiger partial charge in [-0.05, 0) is 13.8 Å². The van der Waals surface area contributed by atoms with Gasteiger partial charge >= 0.3 is 5.97 Å². The van der Waals surface area contributed by atoms with Crippen LogP contribution in [0, 0.1) is 6.92 Å². The van der Waals surface area contributed by atoms with E-state index >= 15 is 0 Å². The van der Waals surface area contributed by atoms with Gasteiger partial charge in [0.15, 0.2) is 5.76 Å². The Labute approximate surface area is 127 Å². The zero-order valence-electron chi connectivity index (χ0n) is 12.4. The minimum Gasteiger partial charge on any atom is -0.481 e. The molecule has 1 atom stereocenters. The molecule has 0 aliphatic carbocycles. The normalized spacial score (nSPS) is 14.4. The first kappa shape index (κ1) is 18.1. The number of rotatable bonds is 7. The van der Waals surface area contributed by atoms with Crippen molar-refractivity contribution in [1.82, 2.24) is 5.32 Å². The fourth-order valence-electron chi connectivity index (χ4n) is 1.98. The van der Waals surface area contributed by atoms with Gasteiger partial charge in [-0.15, -0.1) is 0 Å². The maximum absolute atomic E-state index is 12.1. The molecule has 124 valence electrons. The second kappa shape index (κ2) is 6.46. The van der Waals surface area contributed by atoms with Gasteiger partial charge in [0.05, 0.1) is 18.6 Å². The summed E-state index contributed by atoms with van der Waals surface area (Å²) in [6.07, 6.45) is -0.381. The predicted octanol–water partition coefficient (Wildman–Crippen LogP) is -0.155. The Morgan fingerprint density at radius 1 is 1.50 bits per heavy atom. The number of aliphatic carboxylic acids is 1. The van der Waals surface area contributed by atoms with Crippen LogP contribution in [0.25, 0.3) is 0 Å². The van der Waals surface area contributed by atoms with Gasteiger partial charge in [0.25, 0.3) is 5.91 Å². The molecule has 0 fully saturated rings. The molecule has 1 amide bonds. The van der Waals surface area contributed by atoms with E-state index in [1.807, 2.05) is 0 Å². The second-order valence-corrected chi connectivity index (χ2v) is 6.62. The molecule has 0 radical (unpaired) electrons. The molecule has 0 spiro atoms. The number of primary sulfonamides is 1. The smallest absolute Gasteiger partial charge is 0.305 e. The summed E-state index contributed by atoms with van der Waals surface area (Å²) in [6.45, 7) is 2.79. The molecule has 1 rings (SSSR count). The highest BCUT2D eigenvalue weighted by Gasteiger charge is 2.31. The zero-order valence-corrected chi connectivity index (χ0v) is 13.2. The van der Waals surface area contributed by atoms with Crippen LogP contribution in [0.1, 0.15) is 29.7 Å². The molecule has 0 aliphatic heterocycles. The summed E-state index contributed by atoms with van der Waals surface area (Å²) in [6, 6.07) is 0.994. The molecule has 0 aromatic carbocycles. The second-order valence-electron chi connectivity index (χ2n) is 5.09. The largest absolute Gasteiger partial charge is 0.481 e. The van der Waals surface area contributed by atoms with Gasteiger partial charge in [0, 0.05) is 13.2 Å². The first-order chi connectivity index (χ1) is 9.98. The summed E-state index contributed by atoms with van der Waals surface area (Å²) in [4.78, 5) is 22.7. The summed E-state index contributed by atoms with van der Waals surface area (Å²) in [5.41, 5.74) is -1.18. The van der Waals surface area contributed by atoms with Crippen LogP contribution in [0.5, 0.6) is 0 Å². The van der Waals surface area contributed by atoms with E-state index in [9.17, 15) is 18.0 Å². The predicted molar refractivity (Wildman–Crippen MR) is 74.8 cm³/mol. The number of carboxylic acids is 1. The number of carboxylic acid groups (broad SMARTS) is 1. The number of furan rings is 1. The highest BCUT2D eigenvalue weighted by molar-refractivity contribution is 7.89. The van der Waals surface area contributed by atoms with Crippen molar-refractivity contribution in [3.63, 3.8) is 0 Å². The van der Waals surface area contributed by atoms with Crippen molar-refractivity contribution >= 4 is 21.9 Å². The van der Waals surface area contributed by atoms with Crippen LogP contribution in [-0.4, -0.2) is 44.7 Å². The third-order valence-corrected chi connectivity index (χ3v) is 3.84. The van der Waals surface area contributed by atoms with E-state index in [1.54, 1.807) is 0 Å². The lowest BCUT2D eigenvalue weighted by atomic mass is 9.99. The average molecular weight is 334 g/mol. The molecule has 0 saturated carbocycles. The first-order valence-corrected chi connectivity index (χ1v) is 7.69. The van der Waals surface area contributed by atoms with Crippen LogP contribution in [-0.2, 0) is 19.6 Å². The lowest BCUT2D eigenvalue weighted by Gasteiger charge is -2.27. The van der Waals surface area contributed by atoms with Gasteiger partial charge in [0.2, 0.25) is 10.0 Å². The highest BCUT2D eigenvalue weighted by atomic mass is 32.2. The van der Waals surface area contributed by atoms with E-state index < -0.39 is 27.4 Å². The van der Waals surface area contributed by atoms with E-state index in [0.717, 1.165) is 6.07 Å². The quantitative estimate of drug-likeness (QED) is 0.627. The van der Waals surface area contributed by atoms with Crippen LogP contribution < -0.4 is 10.5 Å². The molecule has 9 nitrogen and oxygen atoms in total. The van der Waals surface area contributed by atoms with Gasteiger partial charge in [-0.2, -0.15) is 0 Å². The summed E-state index contributed by atoms with van der Waals surface area (Å²) in [7, 11) is -2.65. The van der Waals surface area contributed by atoms with E-state index in [-0.39, 0.29) is 29.4 Å². The van der Waals surface area contributed by atoms with Crippen LogP contribution >= 0.6 is 0 Å². The van der Waals surface area contributed by atoms with Crippen molar-refractivity contribution in [2.45, 2.75) is 30.7 Å². The number of sulfonamides is 1. The third-order valence-electron chi connectivity index (χ3n) is 2.82. The van der Waals surface area contributed by atoms with Gasteiger partial charge in [0.1, 0.15) is 10.7 Å². The van der Waals surface area contributed by atoms with Crippen molar-refractivity contribution < 1.29 is 32.3 Å². The van der Waals surface area contributed by atoms with Gasteiger partial charge in [-0.3, -0.25) is 9.59 Å². The van der Waals surface area contributed by atoms with Crippen molar-refractivity contribution in [2.75, 3.05) is 13.7 Å². The Morgan fingerprint density at radius 2 is 2.09 bits per heavy atom. The number of carbonyl (C=O) groups is 2. The van der Waals surface area contributed by atoms with Crippen LogP contribution in [0.4, 0.5) is 0 Å².